The van der Waals surface area contributed by atoms with Gasteiger partial charge in [-0.2, -0.15) is 0 Å². The molecule has 5 nitrogen and oxygen atoms in total. The molecular formula is C13H21BN2O3. The lowest BCUT2D eigenvalue weighted by atomic mass is 9.79. The van der Waals surface area contributed by atoms with Gasteiger partial charge in [0.1, 0.15) is 5.75 Å². The molecule has 1 aromatic heterocycles. The fraction of sp³-hybridized carbons (Fsp3) is 0.615. The van der Waals surface area contributed by atoms with E-state index in [9.17, 15) is 0 Å². The normalized spacial score (nSPS) is 20.6. The third-order valence-corrected chi connectivity index (χ3v) is 3.89. The van der Waals surface area contributed by atoms with Gasteiger partial charge in [0.2, 0.25) is 0 Å². The fourth-order valence-corrected chi connectivity index (χ4v) is 1.92. The smallest absolute Gasteiger partial charge is 0.497 e. The summed E-state index contributed by atoms with van der Waals surface area (Å²) in [5.41, 5.74) is 6.39. The summed E-state index contributed by atoms with van der Waals surface area (Å²) in [6.07, 6.45) is 1.71. The zero-order chi connectivity index (χ0) is 14.3. The van der Waals surface area contributed by atoms with Crippen molar-refractivity contribution in [2.45, 2.75) is 45.4 Å². The summed E-state index contributed by atoms with van der Waals surface area (Å²) in [5, 5.41) is 0. The van der Waals surface area contributed by atoms with E-state index in [1.165, 1.54) is 0 Å². The van der Waals surface area contributed by atoms with Gasteiger partial charge < -0.3 is 19.8 Å². The molecule has 1 saturated heterocycles. The number of hydrogen-bond donors (Lipinski definition) is 1. The van der Waals surface area contributed by atoms with Crippen molar-refractivity contribution in [1.82, 2.24) is 4.98 Å². The Hall–Kier alpha value is -1.11. The highest BCUT2D eigenvalue weighted by Crippen LogP contribution is 2.37. The van der Waals surface area contributed by atoms with Crippen LogP contribution in [0.15, 0.2) is 12.3 Å². The maximum Gasteiger partial charge on any atom is 0.500 e. The molecule has 1 aliphatic heterocycles. The van der Waals surface area contributed by atoms with E-state index in [-0.39, 0.29) is 11.2 Å². The van der Waals surface area contributed by atoms with Gasteiger partial charge in [-0.05, 0) is 27.7 Å². The summed E-state index contributed by atoms with van der Waals surface area (Å²) < 4.78 is 17.4. The Bertz CT molecular complexity index is 461. The average Bonchev–Trinajstić information content (AvgIpc) is 2.57. The molecule has 2 rings (SSSR count). The second-order valence-corrected chi connectivity index (χ2v) is 5.71. The van der Waals surface area contributed by atoms with E-state index in [1.54, 1.807) is 13.3 Å². The first-order chi connectivity index (χ1) is 8.80. The molecule has 1 aliphatic rings. The van der Waals surface area contributed by atoms with Gasteiger partial charge in [0.25, 0.3) is 0 Å². The van der Waals surface area contributed by atoms with Crippen LogP contribution in [0.2, 0.25) is 0 Å². The summed E-state index contributed by atoms with van der Waals surface area (Å²) >= 11 is 0. The average molecular weight is 264 g/mol. The molecule has 0 aliphatic carbocycles. The van der Waals surface area contributed by atoms with Crippen LogP contribution in [-0.4, -0.2) is 30.4 Å². The molecule has 19 heavy (non-hydrogen) atoms. The number of methoxy groups -OCH3 is 1. The summed E-state index contributed by atoms with van der Waals surface area (Å²) in [7, 11) is 1.14. The molecule has 0 spiro atoms. The van der Waals surface area contributed by atoms with Crippen LogP contribution in [-0.2, 0) is 15.9 Å². The Morgan fingerprint density at radius 1 is 1.26 bits per heavy atom. The topological polar surface area (TPSA) is 66.6 Å². The number of pyridine rings is 1. The predicted molar refractivity (Wildman–Crippen MR) is 74.4 cm³/mol. The van der Waals surface area contributed by atoms with Crippen LogP contribution in [0.4, 0.5) is 0 Å². The third kappa shape index (κ3) is 2.48. The fourth-order valence-electron chi connectivity index (χ4n) is 1.92. The number of rotatable bonds is 3. The van der Waals surface area contributed by atoms with Crippen molar-refractivity contribution in [3.05, 3.63) is 18.0 Å². The molecule has 1 aromatic rings. The van der Waals surface area contributed by atoms with Crippen molar-refractivity contribution in [2.24, 2.45) is 5.73 Å². The number of aromatic nitrogens is 1. The van der Waals surface area contributed by atoms with Crippen molar-refractivity contribution >= 4 is 12.6 Å². The van der Waals surface area contributed by atoms with Crippen molar-refractivity contribution < 1.29 is 14.0 Å². The molecule has 104 valence electrons. The van der Waals surface area contributed by atoms with Crippen LogP contribution in [0.25, 0.3) is 0 Å². The highest BCUT2D eigenvalue weighted by Gasteiger charge is 2.52. The third-order valence-electron chi connectivity index (χ3n) is 3.89. The first-order valence-electron chi connectivity index (χ1n) is 6.39. The van der Waals surface area contributed by atoms with E-state index < -0.39 is 7.12 Å². The molecule has 6 heteroatoms. The van der Waals surface area contributed by atoms with Crippen LogP contribution in [0.1, 0.15) is 33.4 Å². The van der Waals surface area contributed by atoms with Gasteiger partial charge in [0.05, 0.1) is 24.0 Å². The number of nitrogens with two attached hydrogens (primary N) is 1. The number of hydrogen-bond acceptors (Lipinski definition) is 5. The predicted octanol–water partition coefficient (Wildman–Crippen LogP) is 0.848. The quantitative estimate of drug-likeness (QED) is 0.820. The monoisotopic (exact) mass is 264 g/mol. The van der Waals surface area contributed by atoms with E-state index in [1.807, 2.05) is 33.8 Å². The van der Waals surface area contributed by atoms with Crippen molar-refractivity contribution in [3.63, 3.8) is 0 Å². The van der Waals surface area contributed by atoms with E-state index in [0.717, 1.165) is 11.2 Å². The molecule has 0 atom stereocenters. The molecule has 0 unspecified atom stereocenters. The maximum atomic E-state index is 5.99. The van der Waals surface area contributed by atoms with Gasteiger partial charge in [-0.3, -0.25) is 4.98 Å². The van der Waals surface area contributed by atoms with Crippen molar-refractivity contribution in [1.29, 1.82) is 0 Å². The van der Waals surface area contributed by atoms with E-state index in [0.29, 0.717) is 12.3 Å². The minimum absolute atomic E-state index is 0.375. The number of nitrogens with zero attached hydrogens (tertiary/aromatic N) is 1. The van der Waals surface area contributed by atoms with Gasteiger partial charge >= 0.3 is 7.12 Å². The van der Waals surface area contributed by atoms with Gasteiger partial charge in [0, 0.05) is 24.3 Å². The Kier molecular flexibility index (Phi) is 3.60. The summed E-state index contributed by atoms with van der Waals surface area (Å²) in [4.78, 5) is 4.28. The largest absolute Gasteiger partial charge is 0.500 e. The SMILES string of the molecule is COc1cc(CN)ncc1B1OC(C)(C)C(C)(C)O1. The lowest BCUT2D eigenvalue weighted by Gasteiger charge is -2.32. The Morgan fingerprint density at radius 3 is 2.32 bits per heavy atom. The van der Waals surface area contributed by atoms with E-state index in [2.05, 4.69) is 4.98 Å². The van der Waals surface area contributed by atoms with Gasteiger partial charge in [0.15, 0.2) is 0 Å². The minimum Gasteiger partial charge on any atom is -0.497 e. The molecular weight excluding hydrogens is 243 g/mol. The van der Waals surface area contributed by atoms with Crippen molar-refractivity contribution in [2.75, 3.05) is 7.11 Å². The summed E-state index contributed by atoms with van der Waals surface area (Å²) in [6, 6.07) is 1.82. The lowest BCUT2D eigenvalue weighted by molar-refractivity contribution is 0.00578. The van der Waals surface area contributed by atoms with Crippen LogP contribution in [0, 0.1) is 0 Å². The number of ether oxygens (including phenoxy) is 1. The molecule has 2 N–H and O–H groups in total. The highest BCUT2D eigenvalue weighted by molar-refractivity contribution is 6.63. The highest BCUT2D eigenvalue weighted by atomic mass is 16.7. The van der Waals surface area contributed by atoms with Gasteiger partial charge in [-0.1, -0.05) is 0 Å². The minimum atomic E-state index is -0.473. The first kappa shape index (κ1) is 14.3. The van der Waals surface area contributed by atoms with Gasteiger partial charge in [-0.15, -0.1) is 0 Å². The summed E-state index contributed by atoms with van der Waals surface area (Å²) in [6.45, 7) is 8.44. The zero-order valence-electron chi connectivity index (χ0n) is 12.2. The standard InChI is InChI=1S/C13H21BN2O3/c1-12(2)13(3,4)19-14(18-12)10-8-16-9(7-15)6-11(10)17-5/h6,8H,7,15H2,1-5H3. The zero-order valence-corrected chi connectivity index (χ0v) is 12.2. The Morgan fingerprint density at radius 2 is 1.84 bits per heavy atom. The second kappa shape index (κ2) is 4.78. The summed E-state index contributed by atoms with van der Waals surface area (Å²) in [5.74, 6) is 0.689. The Balaban J connectivity index is 2.34. The van der Waals surface area contributed by atoms with E-state index in [4.69, 9.17) is 19.8 Å². The van der Waals surface area contributed by atoms with Crippen molar-refractivity contribution in [3.8, 4) is 5.75 Å². The van der Waals surface area contributed by atoms with Gasteiger partial charge in [-0.25, -0.2) is 0 Å². The van der Waals surface area contributed by atoms with Crippen LogP contribution in [0.5, 0.6) is 5.75 Å². The second-order valence-electron chi connectivity index (χ2n) is 5.71. The first-order valence-corrected chi connectivity index (χ1v) is 6.39. The maximum absolute atomic E-state index is 5.99. The lowest BCUT2D eigenvalue weighted by Crippen LogP contribution is -2.41. The molecule has 0 saturated carbocycles. The Labute approximate surface area is 114 Å². The molecule has 1 fully saturated rings. The van der Waals surface area contributed by atoms with Crippen LogP contribution in [0.3, 0.4) is 0 Å². The molecule has 2 heterocycles. The van der Waals surface area contributed by atoms with Crippen LogP contribution < -0.4 is 15.9 Å². The molecule has 0 aromatic carbocycles. The molecule has 0 radical (unpaired) electrons. The van der Waals surface area contributed by atoms with E-state index >= 15 is 0 Å². The van der Waals surface area contributed by atoms with Crippen LogP contribution >= 0.6 is 0 Å². The molecule has 0 bridgehead atoms. The molecule has 0 amide bonds.